The molecule has 0 radical (unpaired) electrons. The molecule has 0 saturated heterocycles. The standard InChI is InChI=1S/C26H50O4.C24H46O4/c1-4-7-21-29-25(27)20-18-16-14-12-10-9-11-13-15-17-19-24(6-3)23-26(28)30-22-8-5-2;1-6-22(19-24(26)28-21(4)5)17-15-13-11-9-7-8-10-12-14-16-18-23(25)27-20(2)3/h24H,4-23H2,1-3H3;20-22H,6-19H2,1-5H3. The van der Waals surface area contributed by atoms with Gasteiger partial charge < -0.3 is 18.9 Å². The Balaban J connectivity index is 0. The molecule has 0 heterocycles. The number of esters is 4. The van der Waals surface area contributed by atoms with Gasteiger partial charge in [0, 0.05) is 25.7 Å². The Morgan fingerprint density at radius 2 is 0.672 bits per heavy atom. The van der Waals surface area contributed by atoms with Gasteiger partial charge in [-0.1, -0.05) is 169 Å². The second-order valence-electron chi connectivity index (χ2n) is 17.3. The van der Waals surface area contributed by atoms with Crippen molar-refractivity contribution in [2.75, 3.05) is 13.2 Å². The third-order valence-electron chi connectivity index (χ3n) is 10.8. The van der Waals surface area contributed by atoms with Gasteiger partial charge in [0.15, 0.2) is 0 Å². The first kappa shape index (κ1) is 58.0. The molecule has 0 rings (SSSR count). The van der Waals surface area contributed by atoms with E-state index in [-0.39, 0.29) is 36.1 Å². The molecule has 0 aliphatic carbocycles. The summed E-state index contributed by atoms with van der Waals surface area (Å²) in [6.07, 6.45) is 35.5. The van der Waals surface area contributed by atoms with E-state index in [1.54, 1.807) is 0 Å². The molecule has 2 atom stereocenters. The monoisotopic (exact) mass is 825 g/mol. The smallest absolute Gasteiger partial charge is 0.306 e. The number of hydrogen-bond donors (Lipinski definition) is 0. The van der Waals surface area contributed by atoms with Crippen molar-refractivity contribution in [3.63, 3.8) is 0 Å². The molecule has 8 nitrogen and oxygen atoms in total. The van der Waals surface area contributed by atoms with Crippen LogP contribution in [0.15, 0.2) is 0 Å². The first-order valence-corrected chi connectivity index (χ1v) is 24.7. The Labute approximate surface area is 359 Å². The topological polar surface area (TPSA) is 105 Å². The quantitative estimate of drug-likeness (QED) is 0.0342. The number of carbonyl (C=O) groups excluding carboxylic acids is 4. The van der Waals surface area contributed by atoms with Gasteiger partial charge in [-0.25, -0.2) is 0 Å². The lowest BCUT2D eigenvalue weighted by Crippen LogP contribution is -2.15. The number of unbranched alkanes of at least 4 members (excludes halogenated alkanes) is 20. The summed E-state index contributed by atoms with van der Waals surface area (Å²) >= 11 is 0. The maximum atomic E-state index is 11.8. The van der Waals surface area contributed by atoms with Gasteiger partial charge in [-0.2, -0.15) is 0 Å². The summed E-state index contributed by atoms with van der Waals surface area (Å²) in [5.41, 5.74) is 0. The SMILES string of the molecule is CCC(CCCCCCCCCCCCC(=O)OC(C)C)CC(=O)OC(C)C.CCCCOC(=O)CCCCCCCCCCCCC(CC)CC(=O)OCCCC. The van der Waals surface area contributed by atoms with E-state index in [2.05, 4.69) is 27.7 Å². The van der Waals surface area contributed by atoms with Crippen molar-refractivity contribution in [2.24, 2.45) is 11.8 Å². The molecule has 0 spiro atoms. The van der Waals surface area contributed by atoms with E-state index >= 15 is 0 Å². The van der Waals surface area contributed by atoms with Gasteiger partial charge in [-0.3, -0.25) is 19.2 Å². The van der Waals surface area contributed by atoms with Crippen molar-refractivity contribution in [3.05, 3.63) is 0 Å². The fourth-order valence-electron chi connectivity index (χ4n) is 7.03. The molecular formula is C50H96O8. The molecule has 0 aliphatic rings. The van der Waals surface area contributed by atoms with Crippen LogP contribution in [0.2, 0.25) is 0 Å². The van der Waals surface area contributed by atoms with Crippen molar-refractivity contribution < 1.29 is 38.1 Å². The average Bonchev–Trinajstić information content (AvgIpc) is 3.17. The third-order valence-corrected chi connectivity index (χ3v) is 10.8. The second kappa shape index (κ2) is 44.4. The highest BCUT2D eigenvalue weighted by Gasteiger charge is 2.15. The number of carbonyl (C=O) groups is 4. The van der Waals surface area contributed by atoms with Crippen LogP contribution in [0.4, 0.5) is 0 Å². The number of ether oxygens (including phenoxy) is 4. The predicted octanol–water partition coefficient (Wildman–Crippen LogP) is 14.8. The second-order valence-corrected chi connectivity index (χ2v) is 17.3. The van der Waals surface area contributed by atoms with Gasteiger partial charge in [0.05, 0.1) is 25.4 Å². The number of hydrogen-bond acceptors (Lipinski definition) is 8. The van der Waals surface area contributed by atoms with E-state index in [1.807, 2.05) is 27.7 Å². The highest BCUT2D eigenvalue weighted by Crippen LogP contribution is 2.21. The summed E-state index contributed by atoms with van der Waals surface area (Å²) in [6.45, 7) is 17.3. The van der Waals surface area contributed by atoms with Gasteiger partial charge in [-0.05, 0) is 78.1 Å². The van der Waals surface area contributed by atoms with Crippen molar-refractivity contribution >= 4 is 23.9 Å². The molecular weight excluding hydrogens is 729 g/mol. The van der Waals surface area contributed by atoms with Gasteiger partial charge in [-0.15, -0.1) is 0 Å². The molecule has 0 bridgehead atoms. The van der Waals surface area contributed by atoms with Crippen LogP contribution in [-0.2, 0) is 38.1 Å². The average molecular weight is 825 g/mol. The Morgan fingerprint density at radius 3 is 1.03 bits per heavy atom. The zero-order valence-corrected chi connectivity index (χ0v) is 39.6. The maximum absolute atomic E-state index is 11.8. The van der Waals surface area contributed by atoms with E-state index < -0.39 is 0 Å². The normalized spacial score (nSPS) is 12.2. The Morgan fingerprint density at radius 1 is 0.362 bits per heavy atom. The molecule has 344 valence electrons. The summed E-state index contributed by atoms with van der Waals surface area (Å²) in [7, 11) is 0. The van der Waals surface area contributed by atoms with Crippen molar-refractivity contribution in [2.45, 2.75) is 273 Å². The lowest BCUT2D eigenvalue weighted by molar-refractivity contribution is -0.149. The van der Waals surface area contributed by atoms with E-state index in [4.69, 9.17) is 18.9 Å². The molecule has 2 unspecified atom stereocenters. The molecule has 8 heteroatoms. The first-order chi connectivity index (χ1) is 28.0. The van der Waals surface area contributed by atoms with E-state index in [0.29, 0.717) is 50.7 Å². The third kappa shape index (κ3) is 45.0. The summed E-state index contributed by atoms with van der Waals surface area (Å²) in [4.78, 5) is 46.5. The van der Waals surface area contributed by atoms with Crippen molar-refractivity contribution in [1.29, 1.82) is 0 Å². The van der Waals surface area contributed by atoms with Crippen molar-refractivity contribution in [3.8, 4) is 0 Å². The lowest BCUT2D eigenvalue weighted by atomic mass is 9.95. The first-order valence-electron chi connectivity index (χ1n) is 24.7. The van der Waals surface area contributed by atoms with Gasteiger partial charge >= 0.3 is 23.9 Å². The van der Waals surface area contributed by atoms with Crippen LogP contribution in [0.1, 0.15) is 261 Å². The molecule has 0 aliphatic heterocycles. The fourth-order valence-corrected chi connectivity index (χ4v) is 7.03. The lowest BCUT2D eigenvalue weighted by Gasteiger charge is -2.15. The van der Waals surface area contributed by atoms with Gasteiger partial charge in [0.2, 0.25) is 0 Å². The van der Waals surface area contributed by atoms with Crippen LogP contribution >= 0.6 is 0 Å². The summed E-state index contributed by atoms with van der Waals surface area (Å²) < 4.78 is 20.9. The molecule has 0 amide bonds. The van der Waals surface area contributed by atoms with E-state index in [9.17, 15) is 19.2 Å². The Bertz CT molecular complexity index is 933. The maximum Gasteiger partial charge on any atom is 0.306 e. The molecule has 58 heavy (non-hydrogen) atoms. The summed E-state index contributed by atoms with van der Waals surface area (Å²) in [5.74, 6) is 0.828. The highest BCUT2D eigenvalue weighted by atomic mass is 16.5. The summed E-state index contributed by atoms with van der Waals surface area (Å²) in [5, 5.41) is 0. The van der Waals surface area contributed by atoms with Crippen LogP contribution in [-0.4, -0.2) is 49.3 Å². The Hall–Kier alpha value is -2.12. The number of rotatable bonds is 40. The van der Waals surface area contributed by atoms with E-state index in [1.165, 1.54) is 103 Å². The van der Waals surface area contributed by atoms with Crippen LogP contribution in [0.25, 0.3) is 0 Å². The van der Waals surface area contributed by atoms with Gasteiger partial charge in [0.1, 0.15) is 0 Å². The van der Waals surface area contributed by atoms with Crippen LogP contribution in [0, 0.1) is 11.8 Å². The van der Waals surface area contributed by atoms with Gasteiger partial charge in [0.25, 0.3) is 0 Å². The zero-order valence-electron chi connectivity index (χ0n) is 39.6. The summed E-state index contributed by atoms with van der Waals surface area (Å²) in [6, 6.07) is 0. The fraction of sp³-hybridized carbons (Fsp3) is 0.920. The Kier molecular flexibility index (Phi) is 44.4. The molecule has 0 saturated carbocycles. The molecule has 0 aromatic heterocycles. The molecule has 0 N–H and O–H groups in total. The molecule has 0 aromatic carbocycles. The van der Waals surface area contributed by atoms with Crippen molar-refractivity contribution in [1.82, 2.24) is 0 Å². The zero-order chi connectivity index (χ0) is 43.5. The minimum absolute atomic E-state index is 0.00161. The minimum atomic E-state index is -0.0582. The largest absolute Gasteiger partial charge is 0.466 e. The molecule has 0 aromatic rings. The molecule has 0 fully saturated rings. The van der Waals surface area contributed by atoms with E-state index in [0.717, 1.165) is 77.0 Å². The minimum Gasteiger partial charge on any atom is -0.466 e. The predicted molar refractivity (Wildman–Crippen MR) is 242 cm³/mol. The van der Waals surface area contributed by atoms with Crippen LogP contribution in [0.5, 0.6) is 0 Å². The van der Waals surface area contributed by atoms with Crippen LogP contribution in [0.3, 0.4) is 0 Å². The highest BCUT2D eigenvalue weighted by molar-refractivity contribution is 5.70. The van der Waals surface area contributed by atoms with Crippen LogP contribution < -0.4 is 0 Å².